The van der Waals surface area contributed by atoms with Gasteiger partial charge in [0.25, 0.3) is 0 Å². The first-order valence-electron chi connectivity index (χ1n) is 10.3. The highest BCUT2D eigenvalue weighted by molar-refractivity contribution is 6.01. The van der Waals surface area contributed by atoms with Crippen LogP contribution in [0.25, 0.3) is 0 Å². The minimum Gasteiger partial charge on any atom is -0.294 e. The van der Waals surface area contributed by atoms with Gasteiger partial charge in [-0.05, 0) is 42.5 Å². The van der Waals surface area contributed by atoms with Crippen molar-refractivity contribution in [2.45, 2.75) is 84.0 Å². The van der Waals surface area contributed by atoms with Crippen molar-refractivity contribution in [2.75, 3.05) is 0 Å². The van der Waals surface area contributed by atoms with Gasteiger partial charge in [-0.25, -0.2) is 0 Å². The van der Waals surface area contributed by atoms with E-state index in [1.165, 1.54) is 64.2 Å². The molecule has 25 heavy (non-hydrogen) atoms. The number of ketones is 2. The Morgan fingerprint density at radius 2 is 1.12 bits per heavy atom. The van der Waals surface area contributed by atoms with Crippen LogP contribution in [0, 0.1) is 18.8 Å². The number of aryl methyl sites for hydroxylation is 1. The van der Waals surface area contributed by atoms with E-state index in [0.717, 1.165) is 16.7 Å². The lowest BCUT2D eigenvalue weighted by atomic mass is 9.83. The van der Waals surface area contributed by atoms with Gasteiger partial charge in [0.15, 0.2) is 11.6 Å². The van der Waals surface area contributed by atoms with Crippen LogP contribution in [0.4, 0.5) is 0 Å². The van der Waals surface area contributed by atoms with Crippen molar-refractivity contribution in [1.82, 2.24) is 0 Å². The first-order valence-corrected chi connectivity index (χ1v) is 10.3. The topological polar surface area (TPSA) is 34.1 Å². The van der Waals surface area contributed by atoms with Crippen LogP contribution < -0.4 is 0 Å². The molecule has 2 aliphatic rings. The minimum atomic E-state index is 0.224. The second kappa shape index (κ2) is 8.78. The molecule has 0 aliphatic heterocycles. The zero-order valence-corrected chi connectivity index (χ0v) is 15.7. The number of carbonyl (C=O) groups is 2. The highest BCUT2D eigenvalue weighted by Crippen LogP contribution is 2.29. The van der Waals surface area contributed by atoms with E-state index in [9.17, 15) is 9.59 Å². The van der Waals surface area contributed by atoms with Crippen LogP contribution >= 0.6 is 0 Å². The molecule has 2 fully saturated rings. The summed E-state index contributed by atoms with van der Waals surface area (Å²) in [5.41, 5.74) is 2.52. The van der Waals surface area contributed by atoms with Crippen molar-refractivity contribution in [3.63, 3.8) is 0 Å². The molecule has 0 heterocycles. The molecular formula is C23H32O2. The number of carbonyl (C=O) groups excluding carboxylic acids is 2. The molecular weight excluding hydrogens is 308 g/mol. The zero-order chi connectivity index (χ0) is 17.6. The van der Waals surface area contributed by atoms with E-state index in [2.05, 4.69) is 0 Å². The van der Waals surface area contributed by atoms with Crippen molar-refractivity contribution in [2.24, 2.45) is 11.8 Å². The zero-order valence-electron chi connectivity index (χ0n) is 15.7. The molecule has 0 unspecified atom stereocenters. The van der Waals surface area contributed by atoms with E-state index < -0.39 is 0 Å². The van der Waals surface area contributed by atoms with Crippen LogP contribution in [-0.4, -0.2) is 11.6 Å². The maximum absolute atomic E-state index is 12.7. The fourth-order valence-electron chi connectivity index (χ4n) is 4.65. The summed E-state index contributed by atoms with van der Waals surface area (Å²) in [4.78, 5) is 25.4. The van der Waals surface area contributed by atoms with Gasteiger partial charge in [0, 0.05) is 24.0 Å². The Morgan fingerprint density at radius 1 is 0.720 bits per heavy atom. The van der Waals surface area contributed by atoms with Gasteiger partial charge in [-0.2, -0.15) is 0 Å². The lowest BCUT2D eigenvalue weighted by molar-refractivity contribution is 0.0949. The molecule has 1 aromatic carbocycles. The third-order valence-electron chi connectivity index (χ3n) is 6.12. The average Bonchev–Trinajstić information content (AvgIpc) is 2.63. The molecule has 0 spiro atoms. The Hall–Kier alpha value is -1.44. The molecule has 0 amide bonds. The van der Waals surface area contributed by atoms with Crippen LogP contribution in [0.3, 0.4) is 0 Å². The summed E-state index contributed by atoms with van der Waals surface area (Å²) < 4.78 is 0. The van der Waals surface area contributed by atoms with E-state index in [1.54, 1.807) is 0 Å². The van der Waals surface area contributed by atoms with Crippen molar-refractivity contribution in [3.8, 4) is 0 Å². The number of hydrogen-bond acceptors (Lipinski definition) is 2. The second-order valence-electron chi connectivity index (χ2n) is 8.35. The maximum atomic E-state index is 12.7. The van der Waals surface area contributed by atoms with Gasteiger partial charge in [0.05, 0.1) is 0 Å². The maximum Gasteiger partial charge on any atom is 0.163 e. The van der Waals surface area contributed by atoms with Crippen molar-refractivity contribution < 1.29 is 9.59 Å². The van der Waals surface area contributed by atoms with Gasteiger partial charge in [0.2, 0.25) is 0 Å². The van der Waals surface area contributed by atoms with Gasteiger partial charge < -0.3 is 0 Å². The largest absolute Gasteiger partial charge is 0.294 e. The summed E-state index contributed by atoms with van der Waals surface area (Å²) in [6, 6.07) is 5.79. The highest BCUT2D eigenvalue weighted by Gasteiger charge is 2.21. The van der Waals surface area contributed by atoms with Crippen molar-refractivity contribution in [1.29, 1.82) is 0 Å². The molecule has 136 valence electrons. The van der Waals surface area contributed by atoms with Crippen LogP contribution in [0.2, 0.25) is 0 Å². The molecule has 0 N–H and O–H groups in total. The third kappa shape index (κ3) is 5.26. The molecule has 0 aromatic heterocycles. The van der Waals surface area contributed by atoms with Gasteiger partial charge in [-0.15, -0.1) is 0 Å². The van der Waals surface area contributed by atoms with E-state index in [1.807, 2.05) is 25.1 Å². The summed E-state index contributed by atoms with van der Waals surface area (Å²) in [5, 5.41) is 0. The smallest absolute Gasteiger partial charge is 0.163 e. The van der Waals surface area contributed by atoms with Gasteiger partial charge in [0.1, 0.15) is 0 Å². The van der Waals surface area contributed by atoms with Crippen molar-refractivity contribution >= 4 is 11.6 Å². The summed E-state index contributed by atoms with van der Waals surface area (Å²) >= 11 is 0. The fourth-order valence-corrected chi connectivity index (χ4v) is 4.65. The van der Waals surface area contributed by atoms with E-state index in [0.29, 0.717) is 24.7 Å². The standard InChI is InChI=1S/C23H32O2/c1-17-12-20(22(24)14-18-8-4-2-5-9-18)16-21(13-17)23(25)15-19-10-6-3-7-11-19/h12-13,16,18-19H,2-11,14-15H2,1H3. The van der Waals surface area contributed by atoms with Gasteiger partial charge in [-0.3, -0.25) is 9.59 Å². The molecule has 0 saturated heterocycles. The Morgan fingerprint density at radius 3 is 1.52 bits per heavy atom. The quantitative estimate of drug-likeness (QED) is 0.569. The predicted octanol–water partition coefficient (Wildman–Crippen LogP) is 6.30. The average molecular weight is 341 g/mol. The number of rotatable bonds is 6. The molecule has 2 nitrogen and oxygen atoms in total. The SMILES string of the molecule is Cc1cc(C(=O)CC2CCCCC2)cc(C(=O)CC2CCCCC2)c1. The number of Topliss-reactive ketones (excluding diaryl/α,β-unsaturated/α-hetero) is 2. The summed E-state index contributed by atoms with van der Waals surface area (Å²) in [7, 11) is 0. The molecule has 2 heteroatoms. The normalized spacial score (nSPS) is 19.7. The second-order valence-corrected chi connectivity index (χ2v) is 8.35. The van der Waals surface area contributed by atoms with Gasteiger partial charge >= 0.3 is 0 Å². The van der Waals surface area contributed by atoms with E-state index in [4.69, 9.17) is 0 Å². The Kier molecular flexibility index (Phi) is 6.45. The van der Waals surface area contributed by atoms with Gasteiger partial charge in [-0.1, -0.05) is 64.2 Å². The molecule has 0 atom stereocenters. The third-order valence-corrected chi connectivity index (χ3v) is 6.12. The van der Waals surface area contributed by atoms with Crippen LogP contribution in [0.5, 0.6) is 0 Å². The molecule has 1 aromatic rings. The molecule has 2 saturated carbocycles. The number of hydrogen-bond donors (Lipinski definition) is 0. The molecule has 0 bridgehead atoms. The monoisotopic (exact) mass is 340 g/mol. The molecule has 0 radical (unpaired) electrons. The van der Waals surface area contributed by atoms with Crippen molar-refractivity contribution in [3.05, 3.63) is 34.9 Å². The van der Waals surface area contributed by atoms with E-state index >= 15 is 0 Å². The first-order chi connectivity index (χ1) is 12.1. The predicted molar refractivity (Wildman–Crippen MR) is 102 cm³/mol. The van der Waals surface area contributed by atoms with Crippen LogP contribution in [0.15, 0.2) is 18.2 Å². The molecule has 3 rings (SSSR count). The minimum absolute atomic E-state index is 0.224. The Bertz CT molecular complexity index is 554. The van der Waals surface area contributed by atoms with Crippen LogP contribution in [0.1, 0.15) is 103 Å². The lowest BCUT2D eigenvalue weighted by Crippen LogP contribution is -2.14. The van der Waals surface area contributed by atoms with Crippen LogP contribution in [-0.2, 0) is 0 Å². The summed E-state index contributed by atoms with van der Waals surface area (Å²) in [6.45, 7) is 1.99. The fraction of sp³-hybridized carbons (Fsp3) is 0.652. The highest BCUT2D eigenvalue weighted by atomic mass is 16.1. The lowest BCUT2D eigenvalue weighted by Gasteiger charge is -2.21. The Balaban J connectivity index is 1.66. The number of benzene rings is 1. The first kappa shape index (κ1) is 18.4. The molecule has 2 aliphatic carbocycles. The summed E-state index contributed by atoms with van der Waals surface area (Å²) in [5.74, 6) is 1.54. The summed E-state index contributed by atoms with van der Waals surface area (Å²) in [6.07, 6.45) is 13.7. The Labute approximate surface area is 152 Å². The van der Waals surface area contributed by atoms with E-state index in [-0.39, 0.29) is 11.6 Å².